The van der Waals surface area contributed by atoms with Crippen LogP contribution in [0.2, 0.25) is 5.02 Å². The first-order chi connectivity index (χ1) is 11.0. The fraction of sp³-hybridized carbons (Fsp3) is 0.611. The first-order valence-corrected chi connectivity index (χ1v) is 8.98. The standard InChI is InChI=1S/C18H22ClFN2O/c19-14-1-2-15(20)16(6-14)22-17(23)10-21-18-7-11-3-12(8-18)5-13(4-11)9-18/h1-2,6,11-13,21H,3-5,7-10H2,(H,22,23)/p+1. The quantitative estimate of drug-likeness (QED) is 0.871. The second-order valence-corrected chi connectivity index (χ2v) is 8.30. The predicted molar refractivity (Wildman–Crippen MR) is 87.7 cm³/mol. The maximum atomic E-state index is 13.7. The molecule has 4 aliphatic carbocycles. The van der Waals surface area contributed by atoms with Crippen molar-refractivity contribution in [3.8, 4) is 0 Å². The van der Waals surface area contributed by atoms with Crippen LogP contribution in [0.3, 0.4) is 0 Å². The van der Waals surface area contributed by atoms with E-state index in [9.17, 15) is 9.18 Å². The largest absolute Gasteiger partial charge is 0.334 e. The normalized spacial score (nSPS) is 34.6. The minimum atomic E-state index is -0.447. The first kappa shape index (κ1) is 15.4. The lowest BCUT2D eigenvalue weighted by molar-refractivity contribution is -0.729. The van der Waals surface area contributed by atoms with Gasteiger partial charge in [0.2, 0.25) is 0 Å². The van der Waals surface area contributed by atoms with Crippen molar-refractivity contribution in [2.45, 2.75) is 44.1 Å². The molecule has 0 aromatic heterocycles. The highest BCUT2D eigenvalue weighted by atomic mass is 35.5. The van der Waals surface area contributed by atoms with Crippen LogP contribution in [0.4, 0.5) is 10.1 Å². The average Bonchev–Trinajstić information content (AvgIpc) is 2.48. The molecule has 0 heterocycles. The van der Waals surface area contributed by atoms with Crippen LogP contribution in [0.15, 0.2) is 18.2 Å². The van der Waals surface area contributed by atoms with Crippen molar-refractivity contribution in [2.75, 3.05) is 11.9 Å². The number of nitrogens with one attached hydrogen (secondary N) is 1. The van der Waals surface area contributed by atoms with E-state index in [4.69, 9.17) is 11.6 Å². The Balaban J connectivity index is 1.37. The first-order valence-electron chi connectivity index (χ1n) is 8.61. The lowest BCUT2D eigenvalue weighted by atomic mass is 9.53. The molecule has 3 nitrogen and oxygen atoms in total. The number of benzene rings is 1. The Morgan fingerprint density at radius 2 is 1.83 bits per heavy atom. The number of amides is 1. The summed E-state index contributed by atoms with van der Waals surface area (Å²) >= 11 is 5.86. The molecule has 4 aliphatic rings. The molecule has 0 atom stereocenters. The van der Waals surface area contributed by atoms with Crippen molar-refractivity contribution in [1.29, 1.82) is 0 Å². The van der Waals surface area contributed by atoms with Gasteiger partial charge in [-0.25, -0.2) is 4.39 Å². The molecule has 4 saturated carbocycles. The molecule has 0 saturated heterocycles. The second kappa shape index (κ2) is 5.75. The smallest absolute Gasteiger partial charge is 0.279 e. The fourth-order valence-corrected chi connectivity index (χ4v) is 5.70. The van der Waals surface area contributed by atoms with E-state index in [1.165, 1.54) is 56.7 Å². The molecule has 23 heavy (non-hydrogen) atoms. The molecule has 3 N–H and O–H groups in total. The molecule has 0 spiro atoms. The summed E-state index contributed by atoms with van der Waals surface area (Å²) in [6, 6.07) is 4.22. The van der Waals surface area contributed by atoms with E-state index in [1.54, 1.807) is 0 Å². The van der Waals surface area contributed by atoms with Gasteiger partial charge in [0.05, 0.1) is 11.2 Å². The Morgan fingerprint density at radius 1 is 1.22 bits per heavy atom. The highest BCUT2D eigenvalue weighted by Gasteiger charge is 2.53. The van der Waals surface area contributed by atoms with E-state index in [2.05, 4.69) is 10.6 Å². The van der Waals surface area contributed by atoms with Gasteiger partial charge in [-0.15, -0.1) is 0 Å². The summed E-state index contributed by atoms with van der Waals surface area (Å²) in [6.07, 6.45) is 7.93. The zero-order chi connectivity index (χ0) is 16.0. The predicted octanol–water partition coefficient (Wildman–Crippen LogP) is 2.95. The van der Waals surface area contributed by atoms with Crippen LogP contribution in [0.5, 0.6) is 0 Å². The van der Waals surface area contributed by atoms with Gasteiger partial charge in [-0.3, -0.25) is 4.79 Å². The van der Waals surface area contributed by atoms with Gasteiger partial charge in [0.25, 0.3) is 5.91 Å². The highest BCUT2D eigenvalue weighted by molar-refractivity contribution is 6.30. The summed E-state index contributed by atoms with van der Waals surface area (Å²) in [6.45, 7) is 0.359. The molecule has 0 unspecified atom stereocenters. The molecule has 5 rings (SSSR count). The van der Waals surface area contributed by atoms with E-state index >= 15 is 0 Å². The van der Waals surface area contributed by atoms with Gasteiger partial charge in [0.1, 0.15) is 5.82 Å². The molecular weight excluding hydrogens is 315 g/mol. The molecule has 0 aliphatic heterocycles. The molecule has 1 amide bonds. The van der Waals surface area contributed by atoms with E-state index in [-0.39, 0.29) is 17.1 Å². The van der Waals surface area contributed by atoms with Crippen molar-refractivity contribution >= 4 is 23.2 Å². The Morgan fingerprint density at radius 3 is 2.43 bits per heavy atom. The van der Waals surface area contributed by atoms with Gasteiger partial charge in [-0.2, -0.15) is 0 Å². The maximum absolute atomic E-state index is 13.7. The van der Waals surface area contributed by atoms with Crippen molar-refractivity contribution in [3.05, 3.63) is 29.0 Å². The van der Waals surface area contributed by atoms with Gasteiger partial charge in [0.15, 0.2) is 6.54 Å². The summed E-state index contributed by atoms with van der Waals surface area (Å²) in [5.74, 6) is 2.00. The number of carbonyl (C=O) groups excluding carboxylic acids is 1. The number of hydrogen-bond donors (Lipinski definition) is 2. The van der Waals surface area contributed by atoms with Crippen LogP contribution in [0.25, 0.3) is 0 Å². The Kier molecular flexibility index (Phi) is 3.85. The second-order valence-electron chi connectivity index (χ2n) is 7.86. The molecule has 1 aromatic carbocycles. The monoisotopic (exact) mass is 337 g/mol. The topological polar surface area (TPSA) is 45.7 Å². The number of carbonyl (C=O) groups is 1. The summed E-state index contributed by atoms with van der Waals surface area (Å²) in [5.41, 5.74) is 0.431. The molecule has 1 aromatic rings. The van der Waals surface area contributed by atoms with E-state index in [0.29, 0.717) is 11.6 Å². The number of halogens is 2. The number of anilines is 1. The Hall–Kier alpha value is -1.13. The van der Waals surface area contributed by atoms with Crippen LogP contribution in [-0.2, 0) is 4.79 Å². The Labute approximate surface area is 141 Å². The zero-order valence-corrected chi connectivity index (χ0v) is 13.9. The summed E-state index contributed by atoms with van der Waals surface area (Å²) in [7, 11) is 0. The van der Waals surface area contributed by atoms with E-state index < -0.39 is 5.82 Å². The van der Waals surface area contributed by atoms with Crippen molar-refractivity contribution < 1.29 is 14.5 Å². The molecule has 4 fully saturated rings. The van der Waals surface area contributed by atoms with Crippen LogP contribution in [0, 0.1) is 23.6 Å². The third-order valence-electron chi connectivity index (χ3n) is 6.01. The van der Waals surface area contributed by atoms with Gasteiger partial charge < -0.3 is 10.6 Å². The van der Waals surface area contributed by atoms with E-state index in [0.717, 1.165) is 17.8 Å². The zero-order valence-electron chi connectivity index (χ0n) is 13.2. The van der Waals surface area contributed by atoms with Crippen molar-refractivity contribution in [3.63, 3.8) is 0 Å². The SMILES string of the molecule is O=C(C[NH2+]C12CC3CC(CC(C3)C1)C2)Nc1cc(Cl)ccc1F. The molecule has 4 bridgehead atoms. The van der Waals surface area contributed by atoms with Crippen LogP contribution in [-0.4, -0.2) is 18.0 Å². The van der Waals surface area contributed by atoms with Crippen LogP contribution in [0.1, 0.15) is 38.5 Å². The van der Waals surface area contributed by atoms with Crippen LogP contribution >= 0.6 is 11.6 Å². The lowest BCUT2D eigenvalue weighted by Gasteiger charge is -2.54. The minimum Gasteiger partial charge on any atom is -0.334 e. The van der Waals surface area contributed by atoms with Gasteiger partial charge in [-0.1, -0.05) is 11.6 Å². The summed E-state index contributed by atoms with van der Waals surface area (Å²) in [5, 5.41) is 5.31. The molecule has 5 heteroatoms. The fourth-order valence-electron chi connectivity index (χ4n) is 5.53. The molecule has 124 valence electrons. The van der Waals surface area contributed by atoms with E-state index in [1.807, 2.05) is 0 Å². The number of nitrogens with two attached hydrogens (primary N) is 1. The number of quaternary nitrogens is 1. The van der Waals surface area contributed by atoms with Crippen molar-refractivity contribution in [1.82, 2.24) is 0 Å². The van der Waals surface area contributed by atoms with Crippen molar-refractivity contribution in [2.24, 2.45) is 17.8 Å². The Bertz CT molecular complexity index is 598. The maximum Gasteiger partial charge on any atom is 0.279 e. The minimum absolute atomic E-state index is 0.151. The van der Waals surface area contributed by atoms with Gasteiger partial charge in [0, 0.05) is 24.3 Å². The summed E-state index contributed by atoms with van der Waals surface area (Å²) < 4.78 is 13.7. The third-order valence-corrected chi connectivity index (χ3v) is 6.24. The van der Waals surface area contributed by atoms with Gasteiger partial charge in [-0.05, 0) is 55.2 Å². The molecule has 0 radical (unpaired) electrons. The lowest BCUT2D eigenvalue weighted by Crippen LogP contribution is -3.00. The summed E-state index contributed by atoms with van der Waals surface area (Å²) in [4.78, 5) is 12.2. The molecular formula is C18H23ClFN2O+. The average molecular weight is 338 g/mol. The number of rotatable bonds is 4. The number of hydrogen-bond acceptors (Lipinski definition) is 1. The third kappa shape index (κ3) is 3.11. The van der Waals surface area contributed by atoms with Crippen LogP contribution < -0.4 is 10.6 Å². The highest BCUT2D eigenvalue weighted by Crippen LogP contribution is 2.54. The van der Waals surface area contributed by atoms with Gasteiger partial charge >= 0.3 is 0 Å².